The predicted octanol–water partition coefficient (Wildman–Crippen LogP) is 3.45. The maximum absolute atomic E-state index is 12.3. The molecule has 0 unspecified atom stereocenters. The summed E-state index contributed by atoms with van der Waals surface area (Å²) in [4.78, 5) is 24.4. The smallest absolute Gasteiger partial charge is 0.308 e. The summed E-state index contributed by atoms with van der Waals surface area (Å²) in [6, 6.07) is 9.77. The quantitative estimate of drug-likeness (QED) is 0.818. The van der Waals surface area contributed by atoms with Gasteiger partial charge in [-0.05, 0) is 32.3 Å². The van der Waals surface area contributed by atoms with Crippen molar-refractivity contribution in [3.63, 3.8) is 0 Å². The lowest BCUT2D eigenvalue weighted by Crippen LogP contribution is -2.40. The van der Waals surface area contributed by atoms with Crippen LogP contribution in [-0.2, 0) is 20.9 Å². The minimum atomic E-state index is -0.723. The maximum Gasteiger partial charge on any atom is 0.308 e. The molecule has 0 spiro atoms. The molecular formula is C19H27NO3. The van der Waals surface area contributed by atoms with Gasteiger partial charge in [0.25, 0.3) is 0 Å². The van der Waals surface area contributed by atoms with Crippen LogP contribution in [0.4, 0.5) is 0 Å². The van der Waals surface area contributed by atoms with E-state index in [0.29, 0.717) is 6.54 Å². The summed E-state index contributed by atoms with van der Waals surface area (Å²) >= 11 is 0. The molecule has 1 saturated carbocycles. The molecule has 1 amide bonds. The van der Waals surface area contributed by atoms with Crippen molar-refractivity contribution in [1.29, 1.82) is 0 Å². The van der Waals surface area contributed by atoms with Gasteiger partial charge < -0.3 is 10.1 Å². The monoisotopic (exact) mass is 317 g/mol. The molecule has 1 aliphatic rings. The number of esters is 1. The Morgan fingerprint density at radius 3 is 2.43 bits per heavy atom. The zero-order chi connectivity index (χ0) is 16.7. The maximum atomic E-state index is 12.3. The highest BCUT2D eigenvalue weighted by atomic mass is 16.5. The van der Waals surface area contributed by atoms with Crippen molar-refractivity contribution < 1.29 is 14.3 Å². The van der Waals surface area contributed by atoms with Crippen LogP contribution in [0.1, 0.15) is 51.5 Å². The molecule has 1 aromatic rings. The third kappa shape index (κ3) is 5.38. The summed E-state index contributed by atoms with van der Waals surface area (Å²) in [6.45, 7) is 4.23. The molecule has 4 nitrogen and oxygen atoms in total. The van der Waals surface area contributed by atoms with Gasteiger partial charge in [0.1, 0.15) is 6.61 Å². The van der Waals surface area contributed by atoms with E-state index in [1.807, 2.05) is 44.2 Å². The summed E-state index contributed by atoms with van der Waals surface area (Å²) in [5.41, 5.74) is 0.329. The highest BCUT2D eigenvalue weighted by molar-refractivity contribution is 5.82. The van der Waals surface area contributed by atoms with Crippen molar-refractivity contribution in [1.82, 2.24) is 5.32 Å². The molecule has 0 radical (unpaired) electrons. The van der Waals surface area contributed by atoms with Crippen LogP contribution in [-0.4, -0.2) is 18.5 Å². The largest absolute Gasteiger partial charge is 0.464 e. The van der Waals surface area contributed by atoms with Crippen molar-refractivity contribution >= 4 is 11.9 Å². The molecule has 1 N–H and O–H groups in total. The van der Waals surface area contributed by atoms with E-state index in [1.165, 1.54) is 6.42 Å². The Bertz CT molecular complexity index is 519. The Labute approximate surface area is 138 Å². The average Bonchev–Trinajstić information content (AvgIpc) is 2.59. The first-order chi connectivity index (χ1) is 11.0. The van der Waals surface area contributed by atoms with E-state index in [4.69, 9.17) is 4.74 Å². The van der Waals surface area contributed by atoms with Crippen LogP contribution in [0.15, 0.2) is 30.3 Å². The number of benzene rings is 1. The number of carbonyl (C=O) groups excluding carboxylic acids is 2. The number of ether oxygens (including phenoxy) is 1. The molecule has 0 saturated heterocycles. The Morgan fingerprint density at radius 2 is 1.78 bits per heavy atom. The molecule has 1 aromatic carbocycles. The lowest BCUT2D eigenvalue weighted by atomic mass is 9.89. The normalized spacial score (nSPS) is 15.9. The molecule has 126 valence electrons. The number of carbonyl (C=O) groups is 2. The Hall–Kier alpha value is -1.84. The number of amides is 1. The van der Waals surface area contributed by atoms with E-state index >= 15 is 0 Å². The number of hydrogen-bond donors (Lipinski definition) is 1. The van der Waals surface area contributed by atoms with E-state index in [9.17, 15) is 9.59 Å². The van der Waals surface area contributed by atoms with Crippen LogP contribution in [0.3, 0.4) is 0 Å². The van der Waals surface area contributed by atoms with Gasteiger partial charge in [0.2, 0.25) is 5.91 Å². The molecule has 1 fully saturated rings. The molecule has 4 heteroatoms. The van der Waals surface area contributed by atoms with Gasteiger partial charge in [-0.3, -0.25) is 9.59 Å². The topological polar surface area (TPSA) is 55.4 Å². The van der Waals surface area contributed by atoms with Gasteiger partial charge in [0.05, 0.1) is 11.3 Å². The van der Waals surface area contributed by atoms with Gasteiger partial charge >= 0.3 is 5.97 Å². The minimum absolute atomic E-state index is 0.0203. The number of rotatable bonds is 6. The first-order valence-electron chi connectivity index (χ1n) is 8.48. The lowest BCUT2D eigenvalue weighted by Gasteiger charge is -2.26. The molecular weight excluding hydrogens is 290 g/mol. The summed E-state index contributed by atoms with van der Waals surface area (Å²) in [7, 11) is 0. The van der Waals surface area contributed by atoms with Crippen LogP contribution < -0.4 is 5.32 Å². The number of nitrogens with one attached hydrogen (secondary N) is 1. The highest BCUT2D eigenvalue weighted by Crippen LogP contribution is 2.25. The molecule has 0 aliphatic heterocycles. The third-order valence-corrected chi connectivity index (χ3v) is 4.42. The van der Waals surface area contributed by atoms with E-state index in [1.54, 1.807) is 0 Å². The van der Waals surface area contributed by atoms with Crippen LogP contribution in [0, 0.1) is 11.3 Å². The zero-order valence-corrected chi connectivity index (χ0v) is 14.1. The second-order valence-electron chi connectivity index (χ2n) is 6.99. The standard InChI is InChI=1S/C19H27NO3/c1-19(2,14-23-17(21)16-11-7-4-8-12-16)18(22)20-13-15-9-5-3-6-10-15/h3,5-6,9-10,16H,4,7-8,11-14H2,1-2H3,(H,20,22). The molecule has 0 atom stereocenters. The fourth-order valence-electron chi connectivity index (χ4n) is 2.79. The lowest BCUT2D eigenvalue weighted by molar-refractivity contribution is -0.154. The molecule has 0 bridgehead atoms. The summed E-state index contributed by atoms with van der Waals surface area (Å²) in [6.07, 6.45) is 5.23. The molecule has 2 rings (SSSR count). The molecule has 0 heterocycles. The van der Waals surface area contributed by atoms with Crippen molar-refractivity contribution in [2.45, 2.75) is 52.5 Å². The van der Waals surface area contributed by atoms with E-state index < -0.39 is 5.41 Å². The van der Waals surface area contributed by atoms with E-state index in [2.05, 4.69) is 5.32 Å². The van der Waals surface area contributed by atoms with Crippen molar-refractivity contribution in [3.8, 4) is 0 Å². The third-order valence-electron chi connectivity index (χ3n) is 4.42. The highest BCUT2D eigenvalue weighted by Gasteiger charge is 2.31. The van der Waals surface area contributed by atoms with Gasteiger partial charge in [0, 0.05) is 6.54 Å². The first kappa shape index (κ1) is 17.5. The number of hydrogen-bond acceptors (Lipinski definition) is 3. The Kier molecular flexibility index (Phi) is 6.20. The van der Waals surface area contributed by atoms with Crippen LogP contribution in [0.2, 0.25) is 0 Å². The summed E-state index contributed by atoms with van der Waals surface area (Å²) in [5.74, 6) is -0.224. The SMILES string of the molecule is CC(C)(COC(=O)C1CCCCC1)C(=O)NCc1ccccc1. The second-order valence-corrected chi connectivity index (χ2v) is 6.99. The second kappa shape index (κ2) is 8.14. The van der Waals surface area contributed by atoms with Gasteiger partial charge in [-0.15, -0.1) is 0 Å². The Morgan fingerprint density at radius 1 is 1.13 bits per heavy atom. The van der Waals surface area contributed by atoms with Crippen LogP contribution in [0.25, 0.3) is 0 Å². The van der Waals surface area contributed by atoms with Gasteiger partial charge in [0.15, 0.2) is 0 Å². The van der Waals surface area contributed by atoms with Gasteiger partial charge in [-0.2, -0.15) is 0 Å². The average molecular weight is 317 g/mol. The van der Waals surface area contributed by atoms with Crippen LogP contribution >= 0.6 is 0 Å². The van der Waals surface area contributed by atoms with Gasteiger partial charge in [-0.1, -0.05) is 49.6 Å². The summed E-state index contributed by atoms with van der Waals surface area (Å²) < 4.78 is 5.42. The van der Waals surface area contributed by atoms with Crippen molar-refractivity contribution in [2.75, 3.05) is 6.61 Å². The molecule has 0 aromatic heterocycles. The molecule has 1 aliphatic carbocycles. The van der Waals surface area contributed by atoms with E-state index in [-0.39, 0.29) is 24.4 Å². The van der Waals surface area contributed by atoms with Gasteiger partial charge in [-0.25, -0.2) is 0 Å². The molecule has 23 heavy (non-hydrogen) atoms. The first-order valence-corrected chi connectivity index (χ1v) is 8.48. The fraction of sp³-hybridized carbons (Fsp3) is 0.579. The minimum Gasteiger partial charge on any atom is -0.464 e. The Balaban J connectivity index is 1.78. The van der Waals surface area contributed by atoms with Crippen molar-refractivity contribution in [3.05, 3.63) is 35.9 Å². The zero-order valence-electron chi connectivity index (χ0n) is 14.1. The summed E-state index contributed by atoms with van der Waals surface area (Å²) in [5, 5.41) is 2.91. The van der Waals surface area contributed by atoms with E-state index in [0.717, 1.165) is 31.2 Å². The predicted molar refractivity (Wildman–Crippen MR) is 89.6 cm³/mol. The van der Waals surface area contributed by atoms with Crippen LogP contribution in [0.5, 0.6) is 0 Å². The van der Waals surface area contributed by atoms with Crippen molar-refractivity contribution in [2.24, 2.45) is 11.3 Å². The fourth-order valence-corrected chi connectivity index (χ4v) is 2.79.